The minimum Gasteiger partial charge on any atom is -0.390 e. The number of halogens is 1. The number of sulfonamides is 1. The van der Waals surface area contributed by atoms with Gasteiger partial charge in [-0.1, -0.05) is 35.8 Å². The third-order valence-corrected chi connectivity index (χ3v) is 6.73. The van der Waals surface area contributed by atoms with Crippen molar-refractivity contribution < 1.29 is 13.3 Å². The van der Waals surface area contributed by atoms with Crippen LogP contribution in [-0.4, -0.2) is 67.9 Å². The van der Waals surface area contributed by atoms with E-state index in [0.29, 0.717) is 11.6 Å². The summed E-state index contributed by atoms with van der Waals surface area (Å²) in [6, 6.07) is 7.75. The zero-order valence-electron chi connectivity index (χ0n) is 15.3. The van der Waals surface area contributed by atoms with Crippen LogP contribution in [0.25, 0.3) is 0 Å². The van der Waals surface area contributed by atoms with Gasteiger partial charge < -0.3 is 4.84 Å². The SMILES string of the molecule is CCN(C1CCN(CC2CC(c3ccc(Cl)cc3)=NO2)CC1)S(C)(=O)=O. The highest BCUT2D eigenvalue weighted by Crippen LogP contribution is 2.23. The van der Waals surface area contributed by atoms with Crippen molar-refractivity contribution in [3.05, 3.63) is 34.9 Å². The van der Waals surface area contributed by atoms with E-state index in [1.165, 1.54) is 6.26 Å². The molecule has 1 unspecified atom stereocenters. The molecule has 2 aliphatic heterocycles. The third kappa shape index (κ3) is 4.76. The summed E-state index contributed by atoms with van der Waals surface area (Å²) in [6.45, 7) is 5.01. The molecule has 1 aromatic carbocycles. The number of hydrogen-bond acceptors (Lipinski definition) is 5. The molecule has 0 bridgehead atoms. The molecule has 1 atom stereocenters. The molecule has 0 aliphatic carbocycles. The molecular weight excluding hydrogens is 374 g/mol. The summed E-state index contributed by atoms with van der Waals surface area (Å²) in [5.41, 5.74) is 2.00. The van der Waals surface area contributed by atoms with Crippen molar-refractivity contribution in [3.63, 3.8) is 0 Å². The van der Waals surface area contributed by atoms with Crippen molar-refractivity contribution in [3.8, 4) is 0 Å². The first-order chi connectivity index (χ1) is 12.4. The first-order valence-corrected chi connectivity index (χ1v) is 11.3. The lowest BCUT2D eigenvalue weighted by atomic mass is 10.0. The highest BCUT2D eigenvalue weighted by molar-refractivity contribution is 7.88. The molecule has 1 fully saturated rings. The molecule has 1 saturated heterocycles. The van der Waals surface area contributed by atoms with Crippen molar-refractivity contribution in [1.82, 2.24) is 9.21 Å². The Morgan fingerprint density at radius 3 is 2.50 bits per heavy atom. The van der Waals surface area contributed by atoms with E-state index in [2.05, 4.69) is 10.1 Å². The molecule has 3 rings (SSSR count). The minimum atomic E-state index is -3.13. The second-order valence-electron chi connectivity index (χ2n) is 6.97. The Kier molecular flexibility index (Phi) is 6.22. The average Bonchev–Trinajstić information content (AvgIpc) is 3.05. The maximum absolute atomic E-state index is 11.9. The van der Waals surface area contributed by atoms with Gasteiger partial charge in [-0.15, -0.1) is 0 Å². The predicted octanol–water partition coefficient (Wildman–Crippen LogP) is 2.58. The lowest BCUT2D eigenvalue weighted by Gasteiger charge is -2.37. The van der Waals surface area contributed by atoms with Crippen LogP contribution < -0.4 is 0 Å². The van der Waals surface area contributed by atoms with Gasteiger partial charge in [0, 0.05) is 30.6 Å². The minimum absolute atomic E-state index is 0.0504. The standard InChI is InChI=1S/C18H26ClN3O3S/c1-3-22(26(2,23)24)16-8-10-21(11-9-16)13-17-12-18(20-25-17)14-4-6-15(19)7-5-14/h4-7,16-17H,3,8-13H2,1-2H3. The van der Waals surface area contributed by atoms with E-state index >= 15 is 0 Å². The van der Waals surface area contributed by atoms with Crippen LogP contribution >= 0.6 is 11.6 Å². The average molecular weight is 400 g/mol. The zero-order chi connectivity index (χ0) is 18.7. The van der Waals surface area contributed by atoms with Gasteiger partial charge in [0.05, 0.1) is 12.0 Å². The Hall–Kier alpha value is -1.15. The van der Waals surface area contributed by atoms with Gasteiger partial charge in [-0.05, 0) is 43.6 Å². The molecule has 0 N–H and O–H groups in total. The Bertz CT molecular complexity index is 743. The molecule has 0 spiro atoms. The molecule has 8 heteroatoms. The van der Waals surface area contributed by atoms with E-state index < -0.39 is 10.0 Å². The Balaban J connectivity index is 1.48. The number of rotatable bonds is 6. The number of hydrogen-bond donors (Lipinski definition) is 0. The smallest absolute Gasteiger partial charge is 0.211 e. The van der Waals surface area contributed by atoms with E-state index in [-0.39, 0.29) is 12.1 Å². The van der Waals surface area contributed by atoms with Crippen molar-refractivity contribution >= 4 is 27.3 Å². The highest BCUT2D eigenvalue weighted by Gasteiger charge is 2.31. The molecular formula is C18H26ClN3O3S. The van der Waals surface area contributed by atoms with Crippen LogP contribution in [0.5, 0.6) is 0 Å². The second-order valence-corrected chi connectivity index (χ2v) is 9.35. The maximum atomic E-state index is 11.9. The fourth-order valence-corrected chi connectivity index (χ4v) is 5.13. The van der Waals surface area contributed by atoms with Crippen LogP contribution in [0.2, 0.25) is 5.02 Å². The lowest BCUT2D eigenvalue weighted by Crippen LogP contribution is -2.48. The summed E-state index contributed by atoms with van der Waals surface area (Å²) >= 11 is 5.93. The zero-order valence-corrected chi connectivity index (χ0v) is 16.8. The summed E-state index contributed by atoms with van der Waals surface area (Å²) in [5.74, 6) is 0. The van der Waals surface area contributed by atoms with E-state index in [1.54, 1.807) is 4.31 Å². The first kappa shape index (κ1) is 19.6. The Morgan fingerprint density at radius 2 is 1.92 bits per heavy atom. The van der Waals surface area contributed by atoms with Gasteiger partial charge in [-0.2, -0.15) is 4.31 Å². The highest BCUT2D eigenvalue weighted by atomic mass is 35.5. The maximum Gasteiger partial charge on any atom is 0.211 e. The van der Waals surface area contributed by atoms with Crippen molar-refractivity contribution in [1.29, 1.82) is 0 Å². The monoisotopic (exact) mass is 399 g/mol. The van der Waals surface area contributed by atoms with Gasteiger partial charge >= 0.3 is 0 Å². The summed E-state index contributed by atoms with van der Waals surface area (Å²) in [6.07, 6.45) is 3.85. The summed E-state index contributed by atoms with van der Waals surface area (Å²) < 4.78 is 25.4. The molecule has 1 aromatic rings. The summed E-state index contributed by atoms with van der Waals surface area (Å²) in [7, 11) is -3.13. The fourth-order valence-electron chi connectivity index (χ4n) is 3.78. The topological polar surface area (TPSA) is 62.2 Å². The molecule has 0 radical (unpaired) electrons. The largest absolute Gasteiger partial charge is 0.390 e. The molecule has 2 heterocycles. The summed E-state index contributed by atoms with van der Waals surface area (Å²) in [5, 5.41) is 4.94. The van der Waals surface area contributed by atoms with Crippen molar-refractivity contribution in [2.24, 2.45) is 5.16 Å². The molecule has 0 aromatic heterocycles. The second kappa shape index (κ2) is 8.25. The number of likely N-dealkylation sites (tertiary alicyclic amines) is 1. The van der Waals surface area contributed by atoms with E-state index in [4.69, 9.17) is 16.4 Å². The summed E-state index contributed by atoms with van der Waals surface area (Å²) in [4.78, 5) is 7.95. The van der Waals surface area contributed by atoms with Gasteiger partial charge in [0.2, 0.25) is 10.0 Å². The van der Waals surface area contributed by atoms with Crippen LogP contribution in [-0.2, 0) is 14.9 Å². The first-order valence-electron chi connectivity index (χ1n) is 9.04. The third-order valence-electron chi connectivity index (χ3n) is 5.07. The van der Waals surface area contributed by atoms with E-state index in [9.17, 15) is 8.42 Å². The molecule has 26 heavy (non-hydrogen) atoms. The molecule has 6 nitrogen and oxygen atoms in total. The van der Waals surface area contributed by atoms with Crippen LogP contribution in [0.1, 0.15) is 31.7 Å². The van der Waals surface area contributed by atoms with E-state index in [0.717, 1.165) is 50.2 Å². The van der Waals surface area contributed by atoms with Gasteiger partial charge in [-0.25, -0.2) is 8.42 Å². The predicted molar refractivity (Wildman–Crippen MR) is 104 cm³/mol. The fraction of sp³-hybridized carbons (Fsp3) is 0.611. The molecule has 2 aliphatic rings. The normalized spacial score (nSPS) is 22.5. The van der Waals surface area contributed by atoms with Crippen molar-refractivity contribution in [2.75, 3.05) is 32.4 Å². The Labute approximate surface area is 160 Å². The number of piperidine rings is 1. The van der Waals surface area contributed by atoms with Crippen molar-refractivity contribution in [2.45, 2.75) is 38.3 Å². The van der Waals surface area contributed by atoms with Gasteiger partial charge in [0.15, 0.2) is 0 Å². The molecule has 144 valence electrons. The number of oxime groups is 1. The van der Waals surface area contributed by atoms with Gasteiger partial charge in [0.25, 0.3) is 0 Å². The molecule has 0 amide bonds. The van der Waals surface area contributed by atoms with Gasteiger partial charge in [-0.3, -0.25) is 4.90 Å². The lowest BCUT2D eigenvalue weighted by molar-refractivity contribution is 0.0407. The van der Waals surface area contributed by atoms with Crippen LogP contribution in [0.4, 0.5) is 0 Å². The quantitative estimate of drug-likeness (QED) is 0.737. The molecule has 0 saturated carbocycles. The van der Waals surface area contributed by atoms with Crippen LogP contribution in [0.15, 0.2) is 29.4 Å². The van der Waals surface area contributed by atoms with Gasteiger partial charge in [0.1, 0.15) is 6.10 Å². The van der Waals surface area contributed by atoms with E-state index in [1.807, 2.05) is 31.2 Å². The Morgan fingerprint density at radius 1 is 1.27 bits per heavy atom. The van der Waals surface area contributed by atoms with Crippen LogP contribution in [0, 0.1) is 0 Å². The number of nitrogens with zero attached hydrogens (tertiary/aromatic N) is 3. The number of benzene rings is 1. The van der Waals surface area contributed by atoms with Crippen LogP contribution in [0.3, 0.4) is 0 Å².